The van der Waals surface area contributed by atoms with Crippen molar-refractivity contribution in [2.45, 2.75) is 6.18 Å². The van der Waals surface area contributed by atoms with Crippen LogP contribution in [0.5, 0.6) is 0 Å². The number of nitrogens with zero attached hydrogens (tertiary/aromatic N) is 1. The predicted octanol–water partition coefficient (Wildman–Crippen LogP) is 3.62. The Bertz CT molecular complexity index is 487. The van der Waals surface area contributed by atoms with E-state index in [-0.39, 0.29) is 15.7 Å². The molecule has 0 fully saturated rings. The number of carbonyl (C=O) groups excluding carboxylic acids is 1. The zero-order chi connectivity index (χ0) is 14.6. The molecule has 0 aliphatic heterocycles. The smallest absolute Gasteiger partial charge is 0.326 e. The molecule has 2 nitrogen and oxygen atoms in total. The van der Waals surface area contributed by atoms with Crippen molar-refractivity contribution in [1.82, 2.24) is 4.90 Å². The lowest BCUT2D eigenvalue weighted by molar-refractivity contribution is -0.139. The van der Waals surface area contributed by atoms with Crippen molar-refractivity contribution in [3.05, 3.63) is 45.8 Å². The summed E-state index contributed by atoms with van der Waals surface area (Å²) in [4.78, 5) is 12.6. The van der Waals surface area contributed by atoms with E-state index in [2.05, 4.69) is 6.58 Å². The van der Waals surface area contributed by atoms with Crippen molar-refractivity contribution in [2.75, 3.05) is 13.1 Å². The second kappa shape index (κ2) is 6.36. The lowest BCUT2D eigenvalue weighted by Gasteiger charge is -2.23. The highest BCUT2D eigenvalue weighted by Gasteiger charge is 2.33. The van der Waals surface area contributed by atoms with Crippen LogP contribution in [0.1, 0.15) is 10.4 Å². The first-order valence-electron chi connectivity index (χ1n) is 5.16. The van der Waals surface area contributed by atoms with Crippen LogP contribution >= 0.6 is 22.6 Å². The topological polar surface area (TPSA) is 20.3 Å². The number of rotatable bonds is 4. The Kier molecular flexibility index (Phi) is 5.33. The molecule has 0 saturated carbocycles. The summed E-state index contributed by atoms with van der Waals surface area (Å²) in [5.74, 6) is -1.35. The van der Waals surface area contributed by atoms with Crippen LogP contribution in [0, 0.1) is 9.39 Å². The van der Waals surface area contributed by atoms with E-state index in [9.17, 15) is 22.4 Å². The second-order valence-electron chi connectivity index (χ2n) is 3.71. The Morgan fingerprint density at radius 1 is 1.42 bits per heavy atom. The molecule has 0 N–H and O–H groups in total. The number of hydrogen-bond acceptors (Lipinski definition) is 1. The molecule has 0 unspecified atom stereocenters. The lowest BCUT2D eigenvalue weighted by Crippen LogP contribution is -2.39. The van der Waals surface area contributed by atoms with Crippen molar-refractivity contribution >= 4 is 28.5 Å². The number of alkyl halides is 3. The molecule has 0 spiro atoms. The van der Waals surface area contributed by atoms with Gasteiger partial charge >= 0.3 is 6.18 Å². The van der Waals surface area contributed by atoms with E-state index in [1.54, 1.807) is 22.6 Å². The summed E-state index contributed by atoms with van der Waals surface area (Å²) < 4.78 is 50.3. The minimum atomic E-state index is -4.50. The number of carbonyl (C=O) groups is 1. The highest BCUT2D eigenvalue weighted by atomic mass is 127. The van der Waals surface area contributed by atoms with Crippen molar-refractivity contribution in [1.29, 1.82) is 0 Å². The summed E-state index contributed by atoms with van der Waals surface area (Å²) in [5.41, 5.74) is 0.0353. The highest BCUT2D eigenvalue weighted by molar-refractivity contribution is 14.1. The quantitative estimate of drug-likeness (QED) is 0.439. The normalized spacial score (nSPS) is 11.2. The van der Waals surface area contributed by atoms with E-state index in [1.165, 1.54) is 12.1 Å². The van der Waals surface area contributed by atoms with Crippen LogP contribution in [0.25, 0.3) is 0 Å². The average Bonchev–Trinajstić information content (AvgIpc) is 2.26. The highest BCUT2D eigenvalue weighted by Crippen LogP contribution is 2.20. The molecule has 1 amide bonds. The van der Waals surface area contributed by atoms with Crippen molar-refractivity contribution in [2.24, 2.45) is 0 Å². The number of hydrogen-bond donors (Lipinski definition) is 0. The third-order valence-corrected chi connectivity index (χ3v) is 3.06. The van der Waals surface area contributed by atoms with E-state index in [4.69, 9.17) is 0 Å². The third-order valence-electron chi connectivity index (χ3n) is 2.17. The minimum Gasteiger partial charge on any atom is -0.326 e. The van der Waals surface area contributed by atoms with Gasteiger partial charge in [-0.05, 0) is 40.8 Å². The van der Waals surface area contributed by atoms with Gasteiger partial charge in [-0.1, -0.05) is 6.08 Å². The fourth-order valence-corrected chi connectivity index (χ4v) is 2.13. The summed E-state index contributed by atoms with van der Waals surface area (Å²) in [6.07, 6.45) is -3.29. The van der Waals surface area contributed by atoms with Gasteiger partial charge in [0, 0.05) is 10.1 Å². The van der Waals surface area contributed by atoms with Gasteiger partial charge in [-0.3, -0.25) is 4.79 Å². The number of amides is 1. The fourth-order valence-electron chi connectivity index (χ4n) is 1.42. The van der Waals surface area contributed by atoms with Gasteiger partial charge in [0.2, 0.25) is 0 Å². The van der Waals surface area contributed by atoms with Crippen LogP contribution in [0.2, 0.25) is 0 Å². The minimum absolute atomic E-state index is 0.0353. The van der Waals surface area contributed by atoms with E-state index < -0.39 is 24.4 Å². The Hall–Kier alpha value is -1.12. The van der Waals surface area contributed by atoms with Crippen LogP contribution in [0.15, 0.2) is 30.9 Å². The molecule has 7 heteroatoms. The Morgan fingerprint density at radius 3 is 2.53 bits per heavy atom. The first kappa shape index (κ1) is 15.9. The maximum absolute atomic E-state index is 12.9. The first-order chi connectivity index (χ1) is 8.74. The van der Waals surface area contributed by atoms with Gasteiger partial charge in [-0.25, -0.2) is 4.39 Å². The summed E-state index contributed by atoms with van der Waals surface area (Å²) in [6.45, 7) is 1.72. The summed E-state index contributed by atoms with van der Waals surface area (Å²) >= 11 is 1.71. The molecule has 19 heavy (non-hydrogen) atoms. The van der Waals surface area contributed by atoms with Crippen LogP contribution in [-0.4, -0.2) is 30.1 Å². The predicted molar refractivity (Wildman–Crippen MR) is 71.3 cm³/mol. The SMILES string of the molecule is C=CCN(CC(F)(F)F)C(=O)c1ccc(F)cc1I. The zero-order valence-corrected chi connectivity index (χ0v) is 11.8. The van der Waals surface area contributed by atoms with Crippen molar-refractivity contribution < 1.29 is 22.4 Å². The molecule has 0 aliphatic rings. The molecule has 1 aromatic carbocycles. The van der Waals surface area contributed by atoms with E-state index in [0.717, 1.165) is 12.1 Å². The molecule has 0 heterocycles. The molecule has 0 bridgehead atoms. The monoisotopic (exact) mass is 387 g/mol. The molecule has 0 aromatic heterocycles. The Labute approximate surface area is 121 Å². The molecule has 1 aromatic rings. The Balaban J connectivity index is 3.02. The maximum Gasteiger partial charge on any atom is 0.406 e. The van der Waals surface area contributed by atoms with Crippen LogP contribution in [-0.2, 0) is 0 Å². The first-order valence-corrected chi connectivity index (χ1v) is 6.24. The average molecular weight is 387 g/mol. The van der Waals surface area contributed by atoms with E-state index >= 15 is 0 Å². The van der Waals surface area contributed by atoms with Gasteiger partial charge in [0.25, 0.3) is 5.91 Å². The van der Waals surface area contributed by atoms with Crippen LogP contribution < -0.4 is 0 Å². The zero-order valence-electron chi connectivity index (χ0n) is 9.68. The van der Waals surface area contributed by atoms with Gasteiger partial charge in [0.15, 0.2) is 0 Å². The molecule has 0 radical (unpaired) electrons. The van der Waals surface area contributed by atoms with Gasteiger partial charge in [-0.15, -0.1) is 6.58 Å². The van der Waals surface area contributed by atoms with Gasteiger partial charge in [0.05, 0.1) is 5.56 Å². The van der Waals surface area contributed by atoms with Gasteiger partial charge in [0.1, 0.15) is 12.4 Å². The molecule has 1 rings (SSSR count). The van der Waals surface area contributed by atoms with Crippen molar-refractivity contribution in [3.8, 4) is 0 Å². The van der Waals surface area contributed by atoms with E-state index in [1.807, 2.05) is 0 Å². The summed E-state index contributed by atoms with van der Waals surface area (Å²) in [6, 6.07) is 3.30. The molecule has 0 atom stereocenters. The van der Waals surface area contributed by atoms with Crippen LogP contribution in [0.3, 0.4) is 0 Å². The largest absolute Gasteiger partial charge is 0.406 e. The maximum atomic E-state index is 12.9. The molecule has 0 saturated heterocycles. The van der Waals surface area contributed by atoms with Gasteiger partial charge in [-0.2, -0.15) is 13.2 Å². The lowest BCUT2D eigenvalue weighted by atomic mass is 10.2. The van der Waals surface area contributed by atoms with E-state index in [0.29, 0.717) is 4.90 Å². The standard InChI is InChI=1S/C12H10F4INO/c1-2-5-18(7-12(14,15)16)11(19)9-4-3-8(13)6-10(9)17/h2-4,6H,1,5,7H2. The Morgan fingerprint density at radius 2 is 2.05 bits per heavy atom. The molecule has 104 valence electrons. The third kappa shape index (κ3) is 4.81. The second-order valence-corrected chi connectivity index (χ2v) is 4.88. The molecular formula is C12H10F4INO. The molecule has 0 aliphatic carbocycles. The summed E-state index contributed by atoms with van der Waals surface area (Å²) in [5, 5.41) is 0. The van der Waals surface area contributed by atoms with Crippen LogP contribution in [0.4, 0.5) is 17.6 Å². The number of halogens is 5. The van der Waals surface area contributed by atoms with Crippen molar-refractivity contribution in [3.63, 3.8) is 0 Å². The summed E-state index contributed by atoms with van der Waals surface area (Å²) in [7, 11) is 0. The fraction of sp³-hybridized carbons (Fsp3) is 0.250. The van der Waals surface area contributed by atoms with Gasteiger partial charge < -0.3 is 4.90 Å². The molecular weight excluding hydrogens is 377 g/mol. The number of benzene rings is 1.